The minimum absolute atomic E-state index is 0. The summed E-state index contributed by atoms with van der Waals surface area (Å²) in [7, 11) is 0. The topological polar surface area (TPSA) is 64.7 Å². The van der Waals surface area contributed by atoms with Gasteiger partial charge in [-0.15, -0.1) is 24.0 Å². The second kappa shape index (κ2) is 11.5. The normalized spacial score (nSPS) is 15.6. The fraction of sp³-hybridized carbons (Fsp3) is 0.550. The van der Waals surface area contributed by atoms with E-state index in [2.05, 4.69) is 58.8 Å². The number of hydrogen-bond donors (Lipinski definition) is 3. The van der Waals surface area contributed by atoms with E-state index in [0.29, 0.717) is 0 Å². The zero-order valence-electron chi connectivity index (χ0n) is 16.4. The van der Waals surface area contributed by atoms with Crippen LogP contribution in [0.3, 0.4) is 0 Å². The van der Waals surface area contributed by atoms with Crippen molar-refractivity contribution in [2.24, 2.45) is 4.99 Å². The van der Waals surface area contributed by atoms with E-state index in [1.165, 1.54) is 22.0 Å². The van der Waals surface area contributed by atoms with Gasteiger partial charge in [-0.3, -0.25) is 9.89 Å². The molecule has 0 bridgehead atoms. The van der Waals surface area contributed by atoms with Crippen LogP contribution in [0.4, 0.5) is 0 Å². The van der Waals surface area contributed by atoms with Crippen LogP contribution >= 0.6 is 24.0 Å². The number of aromatic nitrogens is 1. The Bertz CT molecular complexity index is 724. The van der Waals surface area contributed by atoms with E-state index in [-0.39, 0.29) is 24.0 Å². The van der Waals surface area contributed by atoms with Gasteiger partial charge in [0.1, 0.15) is 0 Å². The van der Waals surface area contributed by atoms with Crippen LogP contribution in [-0.4, -0.2) is 68.3 Å². The molecule has 1 aromatic heterocycles. The smallest absolute Gasteiger partial charge is 0.191 e. The number of rotatable bonds is 7. The van der Waals surface area contributed by atoms with Crippen molar-refractivity contribution in [2.45, 2.75) is 20.3 Å². The van der Waals surface area contributed by atoms with Gasteiger partial charge >= 0.3 is 0 Å². The molecule has 0 amide bonds. The standard InChI is InChI=1S/C20H31N5O.HI/c1-3-21-20(23-9-10-25-11-13-26-14-12-25)22-8-7-17-15-24-18-6-4-5-16(2)19(17)18;/h4-6,15,24H,3,7-14H2,1-2H3,(H2,21,22,23);1H. The lowest BCUT2D eigenvalue weighted by Crippen LogP contribution is -2.40. The minimum atomic E-state index is 0. The first-order valence-electron chi connectivity index (χ1n) is 9.66. The average Bonchev–Trinajstić information content (AvgIpc) is 3.07. The molecule has 150 valence electrons. The molecule has 0 radical (unpaired) electrons. The minimum Gasteiger partial charge on any atom is -0.379 e. The van der Waals surface area contributed by atoms with Crippen LogP contribution < -0.4 is 10.6 Å². The third-order valence-electron chi connectivity index (χ3n) is 4.82. The molecule has 2 heterocycles. The van der Waals surface area contributed by atoms with Crippen molar-refractivity contribution in [1.29, 1.82) is 0 Å². The number of fused-ring (bicyclic) bond motifs is 1. The van der Waals surface area contributed by atoms with Crippen molar-refractivity contribution in [2.75, 3.05) is 52.5 Å². The zero-order valence-corrected chi connectivity index (χ0v) is 18.7. The number of morpholine rings is 1. The van der Waals surface area contributed by atoms with Crippen LogP contribution in [0.2, 0.25) is 0 Å². The lowest BCUT2D eigenvalue weighted by Gasteiger charge is -2.25. The van der Waals surface area contributed by atoms with Crippen molar-refractivity contribution < 1.29 is 4.74 Å². The molecule has 3 N–H and O–H groups in total. The van der Waals surface area contributed by atoms with Gasteiger partial charge in [-0.1, -0.05) is 12.1 Å². The lowest BCUT2D eigenvalue weighted by atomic mass is 10.1. The molecule has 1 aliphatic heterocycles. The molecule has 1 aliphatic rings. The molecule has 2 aromatic rings. The quantitative estimate of drug-likeness (QED) is 0.321. The van der Waals surface area contributed by atoms with Gasteiger partial charge in [-0.25, -0.2) is 0 Å². The van der Waals surface area contributed by atoms with Crippen molar-refractivity contribution in [3.63, 3.8) is 0 Å². The number of aliphatic imine (C=N–C) groups is 1. The van der Waals surface area contributed by atoms with Crippen molar-refractivity contribution in [3.05, 3.63) is 35.5 Å². The summed E-state index contributed by atoms with van der Waals surface area (Å²) in [5.41, 5.74) is 3.89. The molecule has 1 aromatic carbocycles. The molecule has 0 aliphatic carbocycles. The average molecular weight is 485 g/mol. The molecule has 1 saturated heterocycles. The molecule has 6 nitrogen and oxygen atoms in total. The van der Waals surface area contributed by atoms with Crippen LogP contribution in [-0.2, 0) is 11.2 Å². The first-order chi connectivity index (χ1) is 12.8. The summed E-state index contributed by atoms with van der Waals surface area (Å²) in [6, 6.07) is 6.40. The summed E-state index contributed by atoms with van der Waals surface area (Å²) < 4.78 is 5.39. The molecule has 0 atom stereocenters. The summed E-state index contributed by atoms with van der Waals surface area (Å²) >= 11 is 0. The molecule has 0 spiro atoms. The third-order valence-corrected chi connectivity index (χ3v) is 4.82. The van der Waals surface area contributed by atoms with Crippen LogP contribution in [0, 0.1) is 6.92 Å². The Kier molecular flexibility index (Phi) is 9.36. The molecule has 0 unspecified atom stereocenters. The second-order valence-corrected chi connectivity index (χ2v) is 6.70. The SMILES string of the molecule is CCNC(=NCCN1CCOCC1)NCCc1c[nH]c2cccc(C)c12.I. The number of benzene rings is 1. The van der Waals surface area contributed by atoms with Crippen LogP contribution in [0.15, 0.2) is 29.4 Å². The van der Waals surface area contributed by atoms with Crippen LogP contribution in [0.5, 0.6) is 0 Å². The largest absolute Gasteiger partial charge is 0.379 e. The van der Waals surface area contributed by atoms with Crippen molar-refractivity contribution in [3.8, 4) is 0 Å². The number of ether oxygens (including phenoxy) is 1. The highest BCUT2D eigenvalue weighted by molar-refractivity contribution is 14.0. The number of nitrogens with one attached hydrogen (secondary N) is 3. The lowest BCUT2D eigenvalue weighted by molar-refractivity contribution is 0.0394. The van der Waals surface area contributed by atoms with E-state index in [9.17, 15) is 0 Å². The van der Waals surface area contributed by atoms with E-state index in [0.717, 1.165) is 64.9 Å². The van der Waals surface area contributed by atoms with E-state index >= 15 is 0 Å². The van der Waals surface area contributed by atoms with Crippen molar-refractivity contribution in [1.82, 2.24) is 20.5 Å². The number of halogens is 1. The zero-order chi connectivity index (χ0) is 18.2. The maximum Gasteiger partial charge on any atom is 0.191 e. The monoisotopic (exact) mass is 485 g/mol. The van der Waals surface area contributed by atoms with Crippen molar-refractivity contribution >= 4 is 40.8 Å². The van der Waals surface area contributed by atoms with E-state index in [4.69, 9.17) is 9.73 Å². The molecule has 3 rings (SSSR count). The maximum absolute atomic E-state index is 5.39. The van der Waals surface area contributed by atoms with Gasteiger partial charge in [-0.05, 0) is 37.5 Å². The molecular weight excluding hydrogens is 453 g/mol. The summed E-state index contributed by atoms with van der Waals surface area (Å²) in [4.78, 5) is 10.5. The summed E-state index contributed by atoms with van der Waals surface area (Å²) in [6.45, 7) is 11.5. The highest BCUT2D eigenvalue weighted by atomic mass is 127. The van der Waals surface area contributed by atoms with Gasteiger partial charge in [0, 0.05) is 49.8 Å². The van der Waals surface area contributed by atoms with E-state index < -0.39 is 0 Å². The number of nitrogens with zero attached hydrogens (tertiary/aromatic N) is 2. The first kappa shape index (κ1) is 22.0. The van der Waals surface area contributed by atoms with Gasteiger partial charge in [0.15, 0.2) is 5.96 Å². The van der Waals surface area contributed by atoms with Gasteiger partial charge in [0.25, 0.3) is 0 Å². The Morgan fingerprint density at radius 1 is 1.26 bits per heavy atom. The molecule has 0 saturated carbocycles. The summed E-state index contributed by atoms with van der Waals surface area (Å²) in [5.74, 6) is 0.900. The third kappa shape index (κ3) is 6.36. The van der Waals surface area contributed by atoms with E-state index in [1.807, 2.05) is 0 Å². The van der Waals surface area contributed by atoms with Gasteiger partial charge < -0.3 is 20.4 Å². The number of guanidine groups is 1. The molecule has 1 fully saturated rings. The Labute approximate surface area is 179 Å². The number of H-pyrrole nitrogens is 1. The van der Waals surface area contributed by atoms with Crippen LogP contribution in [0.25, 0.3) is 10.9 Å². The molecule has 27 heavy (non-hydrogen) atoms. The Hall–Kier alpha value is -1.32. The highest BCUT2D eigenvalue weighted by Gasteiger charge is 2.09. The Morgan fingerprint density at radius 2 is 2.07 bits per heavy atom. The van der Waals surface area contributed by atoms with Gasteiger partial charge in [0.2, 0.25) is 0 Å². The number of hydrogen-bond acceptors (Lipinski definition) is 3. The fourth-order valence-corrected chi connectivity index (χ4v) is 3.43. The number of aryl methyl sites for hydroxylation is 1. The number of aromatic amines is 1. The Morgan fingerprint density at radius 3 is 2.85 bits per heavy atom. The predicted molar refractivity (Wildman–Crippen MR) is 123 cm³/mol. The first-order valence-corrected chi connectivity index (χ1v) is 9.66. The molecule has 7 heteroatoms. The Balaban J connectivity index is 0.00000261. The van der Waals surface area contributed by atoms with E-state index in [1.54, 1.807) is 0 Å². The molecular formula is C20H32IN5O. The summed E-state index contributed by atoms with van der Waals surface area (Å²) in [5, 5.41) is 8.15. The van der Waals surface area contributed by atoms with Gasteiger partial charge in [0.05, 0.1) is 19.8 Å². The predicted octanol–water partition coefficient (Wildman–Crippen LogP) is 2.52. The second-order valence-electron chi connectivity index (χ2n) is 6.70. The summed E-state index contributed by atoms with van der Waals surface area (Å²) in [6.07, 6.45) is 3.10. The van der Waals surface area contributed by atoms with Gasteiger partial charge in [-0.2, -0.15) is 0 Å². The van der Waals surface area contributed by atoms with Crippen LogP contribution in [0.1, 0.15) is 18.1 Å². The highest BCUT2D eigenvalue weighted by Crippen LogP contribution is 2.22. The maximum atomic E-state index is 5.39. The fourth-order valence-electron chi connectivity index (χ4n) is 3.43.